The van der Waals surface area contributed by atoms with Gasteiger partial charge >= 0.3 is 0 Å². The van der Waals surface area contributed by atoms with E-state index in [-0.39, 0.29) is 0 Å². The Labute approximate surface area is 55.7 Å². The fourth-order valence-corrected chi connectivity index (χ4v) is 1.18. The van der Waals surface area contributed by atoms with Crippen LogP contribution < -0.4 is 0 Å². The van der Waals surface area contributed by atoms with Gasteiger partial charge in [0.15, 0.2) is 0 Å². The number of hydrogen-bond donors (Lipinski definition) is 1. The van der Waals surface area contributed by atoms with Gasteiger partial charge in [0.05, 0.1) is 5.76 Å². The van der Waals surface area contributed by atoms with Crippen molar-refractivity contribution in [2.45, 2.75) is 19.3 Å². The van der Waals surface area contributed by atoms with Gasteiger partial charge in [0.1, 0.15) is 0 Å². The summed E-state index contributed by atoms with van der Waals surface area (Å²) >= 11 is 0. The van der Waals surface area contributed by atoms with Crippen LogP contribution >= 0.6 is 0 Å². The third-order valence-electron chi connectivity index (χ3n) is 1.68. The molecule has 0 radical (unpaired) electrons. The highest BCUT2D eigenvalue weighted by Gasteiger charge is 2.13. The summed E-state index contributed by atoms with van der Waals surface area (Å²) in [6, 6.07) is 0. The van der Waals surface area contributed by atoms with Gasteiger partial charge in [-0.2, -0.15) is 0 Å². The van der Waals surface area contributed by atoms with Crippen LogP contribution in [0.25, 0.3) is 0 Å². The van der Waals surface area contributed by atoms with Crippen molar-refractivity contribution < 1.29 is 5.11 Å². The van der Waals surface area contributed by atoms with Crippen LogP contribution in [0.1, 0.15) is 19.3 Å². The molecule has 1 N–H and O–H groups in total. The Morgan fingerprint density at radius 1 is 1.89 bits per heavy atom. The van der Waals surface area contributed by atoms with Gasteiger partial charge in [-0.25, -0.2) is 0 Å². The third-order valence-corrected chi connectivity index (χ3v) is 1.68. The molecule has 1 rings (SSSR count). The average molecular weight is 124 g/mol. The maximum atomic E-state index is 8.95. The van der Waals surface area contributed by atoms with Crippen LogP contribution in [0.5, 0.6) is 0 Å². The van der Waals surface area contributed by atoms with E-state index in [4.69, 9.17) is 5.11 Å². The van der Waals surface area contributed by atoms with Crippen LogP contribution in [0, 0.1) is 5.92 Å². The predicted molar refractivity (Wildman–Crippen MR) is 38.2 cm³/mol. The van der Waals surface area contributed by atoms with Gasteiger partial charge in [0.2, 0.25) is 0 Å². The molecule has 1 unspecified atom stereocenters. The summed E-state index contributed by atoms with van der Waals surface area (Å²) in [4.78, 5) is 0. The Morgan fingerprint density at radius 3 is 3.11 bits per heavy atom. The number of rotatable bonds is 2. The highest BCUT2D eigenvalue weighted by atomic mass is 16.3. The van der Waals surface area contributed by atoms with E-state index in [1.165, 1.54) is 0 Å². The Kier molecular flexibility index (Phi) is 1.93. The number of hydrogen-bond acceptors (Lipinski definition) is 1. The molecule has 1 heteroatoms. The zero-order chi connectivity index (χ0) is 6.69. The van der Waals surface area contributed by atoms with Crippen LogP contribution in [-0.2, 0) is 0 Å². The molecule has 0 fully saturated rings. The van der Waals surface area contributed by atoms with Crippen molar-refractivity contribution in [3.05, 3.63) is 24.5 Å². The number of aliphatic hydroxyl groups excluding tert-OH is 1. The molecule has 9 heavy (non-hydrogen) atoms. The van der Waals surface area contributed by atoms with Crippen LogP contribution in [0.3, 0.4) is 0 Å². The maximum Gasteiger partial charge on any atom is 0.0885 e. The van der Waals surface area contributed by atoms with Crippen LogP contribution in [-0.4, -0.2) is 5.11 Å². The molecule has 0 aromatic rings. The Hall–Kier alpha value is -0.720. The summed E-state index contributed by atoms with van der Waals surface area (Å²) in [6.45, 7) is 3.64. The van der Waals surface area contributed by atoms with E-state index in [1.54, 1.807) is 0 Å². The Bertz CT molecular complexity index is 136. The highest BCUT2D eigenvalue weighted by Crippen LogP contribution is 2.25. The molecule has 1 aliphatic rings. The molecule has 50 valence electrons. The average Bonchev–Trinajstić information content (AvgIpc) is 2.17. The smallest absolute Gasteiger partial charge is 0.0885 e. The first-order valence-electron chi connectivity index (χ1n) is 3.32. The molecule has 0 spiro atoms. The molecular formula is C8H12O. The molecule has 0 aromatic heterocycles. The molecule has 0 saturated carbocycles. The van der Waals surface area contributed by atoms with E-state index in [0.29, 0.717) is 11.7 Å². The summed E-state index contributed by atoms with van der Waals surface area (Å²) < 4.78 is 0. The van der Waals surface area contributed by atoms with Crippen molar-refractivity contribution in [2.75, 3.05) is 0 Å². The first-order chi connectivity index (χ1) is 4.33. The van der Waals surface area contributed by atoms with Gasteiger partial charge < -0.3 is 5.11 Å². The van der Waals surface area contributed by atoms with E-state index in [2.05, 4.69) is 6.58 Å². The summed E-state index contributed by atoms with van der Waals surface area (Å²) in [5.74, 6) is 1.18. The van der Waals surface area contributed by atoms with E-state index < -0.39 is 0 Å². The van der Waals surface area contributed by atoms with Crippen molar-refractivity contribution in [3.63, 3.8) is 0 Å². The second-order valence-corrected chi connectivity index (χ2v) is 2.53. The minimum atomic E-state index is 0.557. The lowest BCUT2D eigenvalue weighted by Crippen LogP contribution is -1.91. The molecule has 0 amide bonds. The normalized spacial score (nSPS) is 25.8. The van der Waals surface area contributed by atoms with Crippen molar-refractivity contribution in [1.29, 1.82) is 0 Å². The monoisotopic (exact) mass is 124 g/mol. The highest BCUT2D eigenvalue weighted by molar-refractivity contribution is 5.02. The van der Waals surface area contributed by atoms with E-state index in [9.17, 15) is 0 Å². The fraction of sp³-hybridized carbons (Fsp3) is 0.500. The molecule has 1 atom stereocenters. The minimum absolute atomic E-state index is 0.557. The second kappa shape index (κ2) is 2.72. The van der Waals surface area contributed by atoms with Gasteiger partial charge in [-0.1, -0.05) is 6.08 Å². The lowest BCUT2D eigenvalue weighted by atomic mass is 10.0. The summed E-state index contributed by atoms with van der Waals surface area (Å²) in [5, 5.41) is 8.95. The predicted octanol–water partition coefficient (Wildman–Crippen LogP) is 2.41. The van der Waals surface area contributed by atoms with E-state index in [1.807, 2.05) is 12.2 Å². The van der Waals surface area contributed by atoms with Gasteiger partial charge in [-0.3, -0.25) is 0 Å². The largest absolute Gasteiger partial charge is 0.513 e. The van der Waals surface area contributed by atoms with Gasteiger partial charge in [-0.05, 0) is 24.8 Å². The molecule has 0 aromatic carbocycles. The number of aliphatic hydroxyl groups is 1. The molecule has 1 nitrogen and oxygen atoms in total. The number of allylic oxidation sites excluding steroid dienone is 3. The Morgan fingerprint density at radius 2 is 2.67 bits per heavy atom. The van der Waals surface area contributed by atoms with Gasteiger partial charge in [-0.15, -0.1) is 6.58 Å². The molecule has 0 bridgehead atoms. The quantitative estimate of drug-likeness (QED) is 0.560. The van der Waals surface area contributed by atoms with Crippen molar-refractivity contribution in [3.8, 4) is 0 Å². The van der Waals surface area contributed by atoms with Crippen molar-refractivity contribution in [2.24, 2.45) is 5.92 Å². The zero-order valence-corrected chi connectivity index (χ0v) is 5.51. The summed E-state index contributed by atoms with van der Waals surface area (Å²) in [6.07, 6.45) is 6.72. The summed E-state index contributed by atoms with van der Waals surface area (Å²) in [7, 11) is 0. The van der Waals surface area contributed by atoms with Crippen molar-refractivity contribution >= 4 is 0 Å². The van der Waals surface area contributed by atoms with E-state index >= 15 is 0 Å². The standard InChI is InChI=1S/C8H12O/c1-2-3-7-4-5-8(9)6-7/h2,5,7,9H,1,3-4,6H2. The van der Waals surface area contributed by atoms with Gasteiger partial charge in [0.25, 0.3) is 0 Å². The molecule has 0 heterocycles. The Balaban J connectivity index is 2.28. The van der Waals surface area contributed by atoms with Crippen LogP contribution in [0.15, 0.2) is 24.5 Å². The van der Waals surface area contributed by atoms with Crippen molar-refractivity contribution in [1.82, 2.24) is 0 Å². The zero-order valence-electron chi connectivity index (χ0n) is 5.51. The molecular weight excluding hydrogens is 112 g/mol. The van der Waals surface area contributed by atoms with Gasteiger partial charge in [0, 0.05) is 6.42 Å². The van der Waals surface area contributed by atoms with Crippen LogP contribution in [0.4, 0.5) is 0 Å². The second-order valence-electron chi connectivity index (χ2n) is 2.53. The first-order valence-corrected chi connectivity index (χ1v) is 3.32. The van der Waals surface area contributed by atoms with Crippen LogP contribution in [0.2, 0.25) is 0 Å². The SMILES string of the molecule is C=CCC1CC=C(O)C1. The van der Waals surface area contributed by atoms with E-state index in [0.717, 1.165) is 19.3 Å². The lowest BCUT2D eigenvalue weighted by molar-refractivity contribution is 0.376. The molecule has 0 aliphatic heterocycles. The minimum Gasteiger partial charge on any atom is -0.513 e. The molecule has 0 saturated heterocycles. The molecule has 1 aliphatic carbocycles. The lowest BCUT2D eigenvalue weighted by Gasteiger charge is -2.02. The summed E-state index contributed by atoms with van der Waals surface area (Å²) in [5.41, 5.74) is 0. The maximum absolute atomic E-state index is 8.95. The third kappa shape index (κ3) is 1.60. The first kappa shape index (κ1) is 6.40. The topological polar surface area (TPSA) is 20.2 Å². The fourth-order valence-electron chi connectivity index (χ4n) is 1.18.